The van der Waals surface area contributed by atoms with Gasteiger partial charge in [0.1, 0.15) is 5.82 Å². The Hall–Kier alpha value is -2.37. The van der Waals surface area contributed by atoms with Crippen molar-refractivity contribution < 1.29 is 4.79 Å². The van der Waals surface area contributed by atoms with E-state index in [4.69, 9.17) is 5.73 Å². The lowest BCUT2D eigenvalue weighted by Gasteiger charge is -2.02. The summed E-state index contributed by atoms with van der Waals surface area (Å²) in [7, 11) is 1.83. The van der Waals surface area contributed by atoms with E-state index in [9.17, 15) is 4.79 Å². The van der Waals surface area contributed by atoms with Gasteiger partial charge in [-0.2, -0.15) is 5.10 Å². The maximum Gasteiger partial charge on any atom is 0.253 e. The Balaban J connectivity index is 1.95. The summed E-state index contributed by atoms with van der Waals surface area (Å²) in [5.41, 5.74) is 6.73. The molecule has 0 atom stereocenters. The monoisotopic (exact) mass is 231 g/mol. The van der Waals surface area contributed by atoms with Crippen LogP contribution in [-0.2, 0) is 13.6 Å². The maximum atomic E-state index is 11.7. The first kappa shape index (κ1) is 11.1. The van der Waals surface area contributed by atoms with Crippen LogP contribution in [0.2, 0.25) is 0 Å². The van der Waals surface area contributed by atoms with Gasteiger partial charge in [0.15, 0.2) is 0 Å². The number of nitrogen functional groups attached to an aromatic ring is 1. The van der Waals surface area contributed by atoms with Gasteiger partial charge in [0, 0.05) is 19.4 Å². The second kappa shape index (κ2) is 4.65. The lowest BCUT2D eigenvalue weighted by Crippen LogP contribution is -2.23. The average Bonchev–Trinajstić information content (AvgIpc) is 2.73. The van der Waals surface area contributed by atoms with Crippen LogP contribution in [0.4, 0.5) is 5.82 Å². The molecule has 88 valence electrons. The van der Waals surface area contributed by atoms with E-state index in [-0.39, 0.29) is 5.91 Å². The number of hydrogen-bond donors (Lipinski definition) is 2. The molecule has 3 N–H and O–H groups in total. The standard InChI is InChI=1S/C11H13N5O/c1-16-5-4-9(15-16)7-14-11(17)8-2-3-10(12)13-6-8/h2-6H,7H2,1H3,(H2,12,13)(H,14,17). The summed E-state index contributed by atoms with van der Waals surface area (Å²) in [6.45, 7) is 0.393. The molecule has 0 unspecified atom stereocenters. The highest BCUT2D eigenvalue weighted by Gasteiger charge is 2.06. The summed E-state index contributed by atoms with van der Waals surface area (Å²) in [4.78, 5) is 15.6. The number of aryl methyl sites for hydroxylation is 1. The Bertz CT molecular complexity index is 517. The minimum absolute atomic E-state index is 0.192. The van der Waals surface area contributed by atoms with Gasteiger partial charge in [0.05, 0.1) is 17.8 Å². The molecule has 0 aromatic carbocycles. The fourth-order valence-corrected chi connectivity index (χ4v) is 1.37. The Kier molecular flexibility index (Phi) is 3.04. The second-order valence-corrected chi connectivity index (χ2v) is 3.64. The maximum absolute atomic E-state index is 11.7. The Morgan fingerprint density at radius 1 is 1.47 bits per heavy atom. The molecular formula is C11H13N5O. The minimum atomic E-state index is -0.192. The third-order valence-corrected chi connectivity index (χ3v) is 2.25. The summed E-state index contributed by atoms with van der Waals surface area (Å²) in [5, 5.41) is 6.91. The van der Waals surface area contributed by atoms with Gasteiger partial charge in [-0.25, -0.2) is 4.98 Å². The van der Waals surface area contributed by atoms with Crippen LogP contribution in [0.3, 0.4) is 0 Å². The van der Waals surface area contributed by atoms with Crippen LogP contribution in [-0.4, -0.2) is 20.7 Å². The van der Waals surface area contributed by atoms with Crippen molar-refractivity contribution in [3.63, 3.8) is 0 Å². The zero-order chi connectivity index (χ0) is 12.3. The summed E-state index contributed by atoms with van der Waals surface area (Å²) < 4.78 is 1.69. The first-order valence-electron chi connectivity index (χ1n) is 5.13. The summed E-state index contributed by atoms with van der Waals surface area (Å²) in [6.07, 6.45) is 3.27. The summed E-state index contributed by atoms with van der Waals surface area (Å²) in [6, 6.07) is 5.08. The van der Waals surface area contributed by atoms with E-state index in [1.54, 1.807) is 16.8 Å². The van der Waals surface area contributed by atoms with Crippen LogP contribution in [0.5, 0.6) is 0 Å². The van der Waals surface area contributed by atoms with Crippen LogP contribution >= 0.6 is 0 Å². The molecule has 0 aliphatic rings. The van der Waals surface area contributed by atoms with Gasteiger partial charge < -0.3 is 11.1 Å². The van der Waals surface area contributed by atoms with Crippen molar-refractivity contribution in [2.75, 3.05) is 5.73 Å². The second-order valence-electron chi connectivity index (χ2n) is 3.64. The molecule has 0 radical (unpaired) electrons. The molecule has 0 fully saturated rings. The molecule has 2 aromatic rings. The number of pyridine rings is 1. The molecule has 0 saturated carbocycles. The molecule has 17 heavy (non-hydrogen) atoms. The zero-order valence-electron chi connectivity index (χ0n) is 9.42. The molecule has 2 rings (SSSR count). The van der Waals surface area contributed by atoms with Crippen molar-refractivity contribution in [2.24, 2.45) is 7.05 Å². The molecule has 6 heteroatoms. The Morgan fingerprint density at radius 3 is 2.88 bits per heavy atom. The van der Waals surface area contributed by atoms with Gasteiger partial charge in [0.25, 0.3) is 5.91 Å². The van der Waals surface area contributed by atoms with Gasteiger partial charge >= 0.3 is 0 Å². The fourth-order valence-electron chi connectivity index (χ4n) is 1.37. The number of carbonyl (C=O) groups excluding carboxylic acids is 1. The van der Waals surface area contributed by atoms with Gasteiger partial charge in [-0.3, -0.25) is 9.48 Å². The largest absolute Gasteiger partial charge is 0.384 e. The summed E-state index contributed by atoms with van der Waals surface area (Å²) >= 11 is 0. The Labute approximate surface area is 98.5 Å². The topological polar surface area (TPSA) is 85.8 Å². The summed E-state index contributed by atoms with van der Waals surface area (Å²) in [5.74, 6) is 0.203. The van der Waals surface area contributed by atoms with Crippen molar-refractivity contribution in [1.82, 2.24) is 20.1 Å². The normalized spacial score (nSPS) is 10.2. The van der Waals surface area contributed by atoms with Crippen LogP contribution in [0.25, 0.3) is 0 Å². The van der Waals surface area contributed by atoms with Crippen LogP contribution in [0.15, 0.2) is 30.6 Å². The minimum Gasteiger partial charge on any atom is -0.384 e. The Morgan fingerprint density at radius 2 is 2.29 bits per heavy atom. The number of nitrogens with zero attached hydrogens (tertiary/aromatic N) is 3. The van der Waals surface area contributed by atoms with Crippen molar-refractivity contribution in [2.45, 2.75) is 6.54 Å². The van der Waals surface area contributed by atoms with E-state index in [0.29, 0.717) is 17.9 Å². The van der Waals surface area contributed by atoms with Gasteiger partial charge in [-0.1, -0.05) is 0 Å². The van der Waals surface area contributed by atoms with Crippen molar-refractivity contribution in [1.29, 1.82) is 0 Å². The fraction of sp³-hybridized carbons (Fsp3) is 0.182. The lowest BCUT2D eigenvalue weighted by atomic mass is 10.2. The van der Waals surface area contributed by atoms with Gasteiger partial charge in [-0.05, 0) is 18.2 Å². The van der Waals surface area contributed by atoms with Crippen LogP contribution in [0, 0.1) is 0 Å². The number of nitrogens with one attached hydrogen (secondary N) is 1. The van der Waals surface area contributed by atoms with Crippen LogP contribution < -0.4 is 11.1 Å². The number of carbonyl (C=O) groups is 1. The molecule has 2 heterocycles. The van der Waals surface area contributed by atoms with Crippen LogP contribution in [0.1, 0.15) is 16.1 Å². The first-order chi connectivity index (χ1) is 8.15. The van der Waals surface area contributed by atoms with Gasteiger partial charge in [-0.15, -0.1) is 0 Å². The molecule has 1 amide bonds. The molecule has 0 saturated heterocycles. The van der Waals surface area contributed by atoms with Crippen molar-refractivity contribution in [3.05, 3.63) is 41.9 Å². The molecule has 0 spiro atoms. The van der Waals surface area contributed by atoms with E-state index in [1.807, 2.05) is 19.3 Å². The van der Waals surface area contributed by atoms with E-state index < -0.39 is 0 Å². The SMILES string of the molecule is Cn1ccc(CNC(=O)c2ccc(N)nc2)n1. The zero-order valence-corrected chi connectivity index (χ0v) is 9.42. The highest BCUT2D eigenvalue weighted by atomic mass is 16.1. The van der Waals surface area contributed by atoms with Crippen molar-refractivity contribution in [3.8, 4) is 0 Å². The highest BCUT2D eigenvalue weighted by Crippen LogP contribution is 2.01. The lowest BCUT2D eigenvalue weighted by molar-refractivity contribution is 0.0950. The molecule has 2 aromatic heterocycles. The third kappa shape index (κ3) is 2.81. The predicted molar refractivity (Wildman–Crippen MR) is 63.0 cm³/mol. The van der Waals surface area contributed by atoms with E-state index in [1.165, 1.54) is 6.20 Å². The highest BCUT2D eigenvalue weighted by molar-refractivity contribution is 5.93. The van der Waals surface area contributed by atoms with E-state index in [2.05, 4.69) is 15.4 Å². The van der Waals surface area contributed by atoms with Crippen molar-refractivity contribution >= 4 is 11.7 Å². The molecule has 0 aliphatic carbocycles. The number of anilines is 1. The van der Waals surface area contributed by atoms with E-state index in [0.717, 1.165) is 5.69 Å². The number of rotatable bonds is 3. The number of nitrogens with two attached hydrogens (primary N) is 1. The quantitative estimate of drug-likeness (QED) is 0.797. The number of hydrogen-bond acceptors (Lipinski definition) is 4. The number of amides is 1. The van der Waals surface area contributed by atoms with E-state index >= 15 is 0 Å². The smallest absolute Gasteiger partial charge is 0.253 e. The van der Waals surface area contributed by atoms with Gasteiger partial charge in [0.2, 0.25) is 0 Å². The molecule has 0 aliphatic heterocycles. The third-order valence-electron chi connectivity index (χ3n) is 2.25. The predicted octanol–water partition coefficient (Wildman–Crippen LogP) is 0.327. The molecular weight excluding hydrogens is 218 g/mol. The first-order valence-corrected chi connectivity index (χ1v) is 5.13. The average molecular weight is 231 g/mol. The molecule has 6 nitrogen and oxygen atoms in total. The molecule has 0 bridgehead atoms. The number of aromatic nitrogens is 3.